The van der Waals surface area contributed by atoms with Crippen molar-refractivity contribution in [3.05, 3.63) is 87.7 Å². The SMILES string of the molecule is Cc1nn(Cc2ccc(Cl)cc2Cl)c(C)c1NS(=O)(=O)c1ccc2ccccc2c1. The first-order valence-electron chi connectivity index (χ1n) is 9.24. The molecule has 0 saturated heterocycles. The van der Waals surface area contributed by atoms with Crippen LogP contribution in [0.5, 0.6) is 0 Å². The van der Waals surface area contributed by atoms with Crippen molar-refractivity contribution in [1.29, 1.82) is 0 Å². The molecule has 154 valence electrons. The third-order valence-electron chi connectivity index (χ3n) is 4.98. The summed E-state index contributed by atoms with van der Waals surface area (Å²) in [6, 6.07) is 18.0. The van der Waals surface area contributed by atoms with Crippen LogP contribution in [-0.4, -0.2) is 18.2 Å². The summed E-state index contributed by atoms with van der Waals surface area (Å²) >= 11 is 12.2. The van der Waals surface area contributed by atoms with Gasteiger partial charge in [0.1, 0.15) is 0 Å². The molecule has 0 amide bonds. The van der Waals surface area contributed by atoms with Crippen LogP contribution in [0.4, 0.5) is 5.69 Å². The molecule has 0 radical (unpaired) electrons. The van der Waals surface area contributed by atoms with Crippen molar-refractivity contribution in [2.24, 2.45) is 0 Å². The quantitative estimate of drug-likeness (QED) is 0.409. The Morgan fingerprint density at radius 3 is 2.43 bits per heavy atom. The summed E-state index contributed by atoms with van der Waals surface area (Å²) in [6.07, 6.45) is 0. The van der Waals surface area contributed by atoms with Gasteiger partial charge in [0.15, 0.2) is 0 Å². The first-order valence-corrected chi connectivity index (χ1v) is 11.5. The van der Waals surface area contributed by atoms with Crippen LogP contribution in [0, 0.1) is 13.8 Å². The monoisotopic (exact) mass is 459 g/mol. The van der Waals surface area contributed by atoms with Crippen LogP contribution in [0.2, 0.25) is 10.0 Å². The van der Waals surface area contributed by atoms with Gasteiger partial charge in [0, 0.05) is 10.0 Å². The zero-order chi connectivity index (χ0) is 21.5. The van der Waals surface area contributed by atoms with Gasteiger partial charge >= 0.3 is 0 Å². The van der Waals surface area contributed by atoms with E-state index in [4.69, 9.17) is 23.2 Å². The van der Waals surface area contributed by atoms with Gasteiger partial charge in [0.25, 0.3) is 10.0 Å². The molecule has 8 heteroatoms. The minimum Gasteiger partial charge on any atom is -0.276 e. The fraction of sp³-hybridized carbons (Fsp3) is 0.136. The average Bonchev–Trinajstić information content (AvgIpc) is 2.97. The molecule has 4 aromatic rings. The standard InChI is InChI=1S/C22H19Cl2N3O2S/c1-14-22(15(2)27(25-14)13-18-7-9-19(23)12-21(18)24)26-30(28,29)20-10-8-16-5-3-4-6-17(16)11-20/h3-12,26H,13H2,1-2H3. The molecule has 0 spiro atoms. The van der Waals surface area contributed by atoms with Crippen LogP contribution in [-0.2, 0) is 16.6 Å². The van der Waals surface area contributed by atoms with Crippen LogP contribution >= 0.6 is 23.2 Å². The second kappa shape index (κ2) is 7.95. The van der Waals surface area contributed by atoms with Gasteiger partial charge in [0.05, 0.1) is 28.5 Å². The summed E-state index contributed by atoms with van der Waals surface area (Å²) in [4.78, 5) is 0.202. The molecular formula is C22H19Cl2N3O2S. The molecule has 4 rings (SSSR count). The second-order valence-corrected chi connectivity index (χ2v) is 9.58. The van der Waals surface area contributed by atoms with Gasteiger partial charge in [-0.3, -0.25) is 9.40 Å². The molecule has 0 fully saturated rings. The summed E-state index contributed by atoms with van der Waals surface area (Å²) in [5.74, 6) is 0. The van der Waals surface area contributed by atoms with Gasteiger partial charge in [-0.1, -0.05) is 59.6 Å². The first-order chi connectivity index (χ1) is 14.2. The number of anilines is 1. The van der Waals surface area contributed by atoms with E-state index in [9.17, 15) is 8.42 Å². The van der Waals surface area contributed by atoms with Crippen molar-refractivity contribution >= 4 is 49.7 Å². The highest BCUT2D eigenvalue weighted by atomic mass is 35.5. The smallest absolute Gasteiger partial charge is 0.262 e. The van der Waals surface area contributed by atoms with Gasteiger partial charge in [0.2, 0.25) is 0 Å². The predicted molar refractivity (Wildman–Crippen MR) is 122 cm³/mol. The lowest BCUT2D eigenvalue weighted by Gasteiger charge is -2.10. The van der Waals surface area contributed by atoms with Crippen molar-refractivity contribution in [2.75, 3.05) is 4.72 Å². The summed E-state index contributed by atoms with van der Waals surface area (Å²) in [6.45, 7) is 3.99. The van der Waals surface area contributed by atoms with E-state index in [1.807, 2.05) is 37.3 Å². The Labute approximate surface area is 185 Å². The number of fused-ring (bicyclic) bond motifs is 1. The molecule has 1 N–H and O–H groups in total. The van der Waals surface area contributed by atoms with Crippen molar-refractivity contribution in [3.8, 4) is 0 Å². The van der Waals surface area contributed by atoms with Crippen molar-refractivity contribution < 1.29 is 8.42 Å². The summed E-state index contributed by atoms with van der Waals surface area (Å²) in [7, 11) is -3.77. The fourth-order valence-corrected chi connectivity index (χ4v) is 5.02. The van der Waals surface area contributed by atoms with Crippen LogP contribution in [0.1, 0.15) is 17.0 Å². The van der Waals surface area contributed by atoms with E-state index < -0.39 is 10.0 Å². The lowest BCUT2D eigenvalue weighted by Crippen LogP contribution is -2.14. The number of hydrogen-bond acceptors (Lipinski definition) is 3. The van der Waals surface area contributed by atoms with E-state index >= 15 is 0 Å². The molecule has 1 heterocycles. The molecule has 0 aliphatic rings. The largest absolute Gasteiger partial charge is 0.276 e. The topological polar surface area (TPSA) is 64.0 Å². The molecule has 0 aliphatic carbocycles. The van der Waals surface area contributed by atoms with E-state index in [1.165, 1.54) is 0 Å². The Kier molecular flexibility index (Phi) is 5.49. The molecular weight excluding hydrogens is 441 g/mol. The molecule has 0 unspecified atom stereocenters. The van der Waals surface area contributed by atoms with Gasteiger partial charge in [-0.15, -0.1) is 0 Å². The minimum absolute atomic E-state index is 0.202. The van der Waals surface area contributed by atoms with Crippen LogP contribution in [0.25, 0.3) is 10.8 Å². The van der Waals surface area contributed by atoms with E-state index in [0.717, 1.165) is 16.3 Å². The predicted octanol–water partition coefficient (Wildman–Crippen LogP) is 5.81. The van der Waals surface area contributed by atoms with Crippen molar-refractivity contribution in [3.63, 3.8) is 0 Å². The van der Waals surface area contributed by atoms with Gasteiger partial charge in [-0.25, -0.2) is 8.42 Å². The molecule has 0 aliphatic heterocycles. The summed E-state index contributed by atoms with van der Waals surface area (Å²) in [5.41, 5.74) is 2.59. The number of nitrogens with one attached hydrogen (secondary N) is 1. The normalized spacial score (nSPS) is 11.7. The number of benzene rings is 3. The molecule has 5 nitrogen and oxygen atoms in total. The number of hydrogen-bond donors (Lipinski definition) is 1. The van der Waals surface area contributed by atoms with Crippen molar-refractivity contribution in [2.45, 2.75) is 25.3 Å². The van der Waals surface area contributed by atoms with E-state index in [1.54, 1.807) is 41.9 Å². The Morgan fingerprint density at radius 1 is 0.967 bits per heavy atom. The molecule has 1 aromatic heterocycles. The number of sulfonamides is 1. The first kappa shape index (κ1) is 20.7. The lowest BCUT2D eigenvalue weighted by molar-refractivity contribution is 0.601. The second-order valence-electron chi connectivity index (χ2n) is 7.05. The molecule has 0 atom stereocenters. The number of aromatic nitrogens is 2. The Hall–Kier alpha value is -2.54. The molecule has 3 aromatic carbocycles. The minimum atomic E-state index is -3.77. The zero-order valence-corrected chi connectivity index (χ0v) is 18.7. The Bertz CT molecular complexity index is 1360. The van der Waals surface area contributed by atoms with Crippen LogP contribution in [0.15, 0.2) is 65.6 Å². The third kappa shape index (κ3) is 4.03. The van der Waals surface area contributed by atoms with Gasteiger partial charge in [-0.2, -0.15) is 5.10 Å². The Morgan fingerprint density at radius 2 is 1.70 bits per heavy atom. The Balaban J connectivity index is 1.65. The number of halogens is 2. The highest BCUT2D eigenvalue weighted by Gasteiger charge is 2.20. The highest BCUT2D eigenvalue weighted by Crippen LogP contribution is 2.27. The fourth-order valence-electron chi connectivity index (χ4n) is 3.34. The number of rotatable bonds is 5. The highest BCUT2D eigenvalue weighted by molar-refractivity contribution is 7.92. The number of nitrogens with zero attached hydrogens (tertiary/aromatic N) is 2. The van der Waals surface area contributed by atoms with Gasteiger partial charge < -0.3 is 0 Å². The average molecular weight is 460 g/mol. The maximum atomic E-state index is 13.0. The molecule has 30 heavy (non-hydrogen) atoms. The molecule has 0 saturated carbocycles. The third-order valence-corrected chi connectivity index (χ3v) is 6.92. The van der Waals surface area contributed by atoms with E-state index in [0.29, 0.717) is 33.7 Å². The maximum Gasteiger partial charge on any atom is 0.262 e. The van der Waals surface area contributed by atoms with E-state index in [2.05, 4.69) is 9.82 Å². The zero-order valence-electron chi connectivity index (χ0n) is 16.4. The summed E-state index contributed by atoms with van der Waals surface area (Å²) in [5, 5.41) is 7.43. The van der Waals surface area contributed by atoms with Gasteiger partial charge in [-0.05, 0) is 54.4 Å². The van der Waals surface area contributed by atoms with Crippen LogP contribution < -0.4 is 4.72 Å². The maximum absolute atomic E-state index is 13.0. The summed E-state index contributed by atoms with van der Waals surface area (Å²) < 4.78 is 30.5. The number of aryl methyl sites for hydroxylation is 1. The molecule has 0 bridgehead atoms. The van der Waals surface area contributed by atoms with E-state index in [-0.39, 0.29) is 4.90 Å². The van der Waals surface area contributed by atoms with Crippen molar-refractivity contribution in [1.82, 2.24) is 9.78 Å². The van der Waals surface area contributed by atoms with Crippen LogP contribution in [0.3, 0.4) is 0 Å². The lowest BCUT2D eigenvalue weighted by atomic mass is 10.1.